The zero-order chi connectivity index (χ0) is 29.7. The summed E-state index contributed by atoms with van der Waals surface area (Å²) in [5.74, 6) is 2.37. The monoisotopic (exact) mass is 577 g/mol. The van der Waals surface area contributed by atoms with E-state index in [0.717, 1.165) is 30.4 Å². The lowest BCUT2D eigenvalue weighted by Crippen LogP contribution is -2.65. The Morgan fingerprint density at radius 1 is 0.833 bits per heavy atom. The van der Waals surface area contributed by atoms with Gasteiger partial charge in [-0.3, -0.25) is 4.79 Å². The zero-order valence-electron chi connectivity index (χ0n) is 25.4. The summed E-state index contributed by atoms with van der Waals surface area (Å²) in [5.41, 5.74) is 2.36. The van der Waals surface area contributed by atoms with E-state index in [-0.39, 0.29) is 23.3 Å². The van der Waals surface area contributed by atoms with Gasteiger partial charge < -0.3 is 29.0 Å². The minimum atomic E-state index is -0.426. The highest BCUT2D eigenvalue weighted by atomic mass is 16.6. The van der Waals surface area contributed by atoms with E-state index in [2.05, 4.69) is 19.2 Å². The number of rotatable bonds is 9. The quantitative estimate of drug-likeness (QED) is 0.359. The Balaban J connectivity index is 1.12. The Hall–Kier alpha value is -3.42. The van der Waals surface area contributed by atoms with Gasteiger partial charge in [-0.15, -0.1) is 0 Å². The average molecular weight is 578 g/mol. The van der Waals surface area contributed by atoms with Gasteiger partial charge in [0.05, 0.1) is 33.9 Å². The van der Waals surface area contributed by atoms with E-state index in [1.54, 1.807) is 27.4 Å². The molecule has 1 amide bonds. The summed E-state index contributed by atoms with van der Waals surface area (Å²) in [7, 11) is 4.78. The molecule has 4 aliphatic carbocycles. The predicted octanol–water partition coefficient (Wildman–Crippen LogP) is 6.12. The van der Waals surface area contributed by atoms with Crippen LogP contribution in [-0.4, -0.2) is 45.5 Å². The van der Waals surface area contributed by atoms with E-state index in [4.69, 9.17) is 23.7 Å². The number of nitrogens with one attached hydrogen (secondary N) is 1. The van der Waals surface area contributed by atoms with Gasteiger partial charge in [-0.1, -0.05) is 26.0 Å². The van der Waals surface area contributed by atoms with Crippen LogP contribution in [0.3, 0.4) is 0 Å². The number of cyclic esters (lactones) is 1. The van der Waals surface area contributed by atoms with Gasteiger partial charge in [0.25, 0.3) is 0 Å². The number of amides is 1. The first-order valence-electron chi connectivity index (χ1n) is 15.1. The fourth-order valence-corrected chi connectivity index (χ4v) is 9.47. The Labute approximate surface area is 248 Å². The fraction of sp³-hybridized carbons (Fsp3) is 0.588. The zero-order valence-corrected chi connectivity index (χ0v) is 25.4. The molecule has 4 atom stereocenters. The van der Waals surface area contributed by atoms with Gasteiger partial charge in [0.2, 0.25) is 0 Å². The number of hydrogen-bond acceptors (Lipinski definition) is 7. The van der Waals surface area contributed by atoms with Crippen molar-refractivity contribution in [1.29, 1.82) is 0 Å². The lowest BCUT2D eigenvalue weighted by Gasteiger charge is -2.65. The van der Waals surface area contributed by atoms with Crippen molar-refractivity contribution in [3.05, 3.63) is 47.5 Å². The topological polar surface area (TPSA) is 92.3 Å². The first-order valence-corrected chi connectivity index (χ1v) is 15.1. The Morgan fingerprint density at radius 2 is 1.43 bits per heavy atom. The minimum Gasteiger partial charge on any atom is -0.493 e. The summed E-state index contributed by atoms with van der Waals surface area (Å²) in [6, 6.07) is 11.3. The summed E-state index contributed by atoms with van der Waals surface area (Å²) < 4.78 is 27.8. The lowest BCUT2D eigenvalue weighted by atomic mass is 9.43. The average Bonchev–Trinajstić information content (AvgIpc) is 3.25. The van der Waals surface area contributed by atoms with E-state index in [0.29, 0.717) is 59.2 Å². The molecule has 5 fully saturated rings. The molecule has 1 saturated heterocycles. The molecule has 5 aliphatic rings. The van der Waals surface area contributed by atoms with Crippen LogP contribution >= 0.6 is 0 Å². The van der Waals surface area contributed by atoms with Crippen molar-refractivity contribution in [2.75, 3.05) is 27.9 Å². The predicted molar refractivity (Wildman–Crippen MR) is 157 cm³/mol. The maximum absolute atomic E-state index is 13.2. The van der Waals surface area contributed by atoms with E-state index in [1.165, 1.54) is 19.3 Å². The van der Waals surface area contributed by atoms with Crippen LogP contribution in [0.15, 0.2) is 36.4 Å². The van der Waals surface area contributed by atoms with Crippen molar-refractivity contribution in [1.82, 2.24) is 5.32 Å². The molecule has 8 heteroatoms. The van der Waals surface area contributed by atoms with Crippen LogP contribution in [0, 0.1) is 28.6 Å². The molecule has 226 valence electrons. The molecular weight excluding hydrogens is 534 g/mol. The van der Waals surface area contributed by atoms with Crippen LogP contribution in [0.5, 0.6) is 23.0 Å². The second kappa shape index (κ2) is 10.7. The molecule has 42 heavy (non-hydrogen) atoms. The first-order chi connectivity index (χ1) is 20.0. The fourth-order valence-electron chi connectivity index (χ4n) is 9.47. The number of ether oxygens (including phenoxy) is 5. The van der Waals surface area contributed by atoms with Crippen LogP contribution in [0.2, 0.25) is 0 Å². The molecule has 2 aromatic rings. The van der Waals surface area contributed by atoms with Gasteiger partial charge in [-0.2, -0.15) is 0 Å². The smallest absolute Gasteiger partial charge is 0.413 e. The van der Waals surface area contributed by atoms with Crippen molar-refractivity contribution < 1.29 is 33.3 Å². The van der Waals surface area contributed by atoms with Crippen molar-refractivity contribution in [3.8, 4) is 23.0 Å². The summed E-state index contributed by atoms with van der Waals surface area (Å²) >= 11 is 0. The van der Waals surface area contributed by atoms with Crippen molar-refractivity contribution >= 4 is 12.1 Å². The largest absolute Gasteiger partial charge is 0.493 e. The molecule has 0 radical (unpaired) electrons. The molecule has 4 bridgehead atoms. The maximum atomic E-state index is 13.2. The third kappa shape index (κ3) is 5.52. The van der Waals surface area contributed by atoms with E-state index in [9.17, 15) is 9.59 Å². The summed E-state index contributed by atoms with van der Waals surface area (Å²) in [5, 5.41) is 3.30. The highest BCUT2D eigenvalue weighted by Gasteiger charge is 2.60. The minimum absolute atomic E-state index is 0.0206. The van der Waals surface area contributed by atoms with Crippen LogP contribution in [0.25, 0.3) is 0 Å². The van der Waals surface area contributed by atoms with Gasteiger partial charge in [-0.05, 0) is 104 Å². The van der Waals surface area contributed by atoms with Crippen molar-refractivity contribution in [2.45, 2.75) is 70.8 Å². The molecule has 4 saturated carbocycles. The standard InChI is InChI=1S/C34H43NO7/c1-32-14-23-15-33(2,18-32)20-34(16-23,19-32)35-31(37)42-27-9-7-22(13-29(27)40-5)11-25-24(17-41-30(25)36)10-21-6-8-26(38-3)28(12-21)39-4/h6-9,12-13,23-25H,10-11,14-20H2,1-5H3,(H,35,37)/t23?,24-,25+,32?,33?,34?/m0/s1. The molecule has 1 heterocycles. The van der Waals surface area contributed by atoms with Crippen molar-refractivity contribution in [3.63, 3.8) is 0 Å². The molecule has 2 aromatic carbocycles. The third-order valence-corrected chi connectivity index (χ3v) is 10.1. The summed E-state index contributed by atoms with van der Waals surface area (Å²) in [6.07, 6.45) is 7.58. The van der Waals surface area contributed by atoms with Crippen LogP contribution in [-0.2, 0) is 22.4 Å². The lowest BCUT2D eigenvalue weighted by molar-refractivity contribution is -0.141. The van der Waals surface area contributed by atoms with E-state index >= 15 is 0 Å². The summed E-state index contributed by atoms with van der Waals surface area (Å²) in [4.78, 5) is 26.0. The SMILES string of the molecule is COc1ccc(C[C@H]2COC(=O)[C@@H]2Cc2ccc(OC(=O)NC34CC5CC(C)(CC(C)(C5)C3)C4)c(OC)c2)cc1OC. The first kappa shape index (κ1) is 28.7. The molecule has 2 unspecified atom stereocenters. The van der Waals surface area contributed by atoms with Crippen molar-refractivity contribution in [2.24, 2.45) is 28.6 Å². The Morgan fingerprint density at radius 3 is 2.05 bits per heavy atom. The highest BCUT2D eigenvalue weighted by Crippen LogP contribution is 2.66. The van der Waals surface area contributed by atoms with E-state index < -0.39 is 6.09 Å². The van der Waals surface area contributed by atoms with E-state index in [1.807, 2.05) is 30.3 Å². The number of methoxy groups -OCH3 is 3. The maximum Gasteiger partial charge on any atom is 0.413 e. The molecular formula is C34H43NO7. The van der Waals surface area contributed by atoms with Crippen LogP contribution in [0.4, 0.5) is 4.79 Å². The van der Waals surface area contributed by atoms with Gasteiger partial charge in [-0.25, -0.2) is 4.79 Å². The van der Waals surface area contributed by atoms with Gasteiger partial charge in [0, 0.05) is 11.5 Å². The number of carbonyl (C=O) groups is 2. The normalized spacial score (nSPS) is 32.8. The molecule has 0 aromatic heterocycles. The third-order valence-electron chi connectivity index (χ3n) is 10.1. The van der Waals surface area contributed by atoms with Gasteiger partial charge >= 0.3 is 12.1 Å². The number of hydrogen-bond donors (Lipinski definition) is 1. The van der Waals surface area contributed by atoms with Crippen LogP contribution in [0.1, 0.15) is 63.5 Å². The number of carbonyl (C=O) groups excluding carboxylic acids is 2. The molecule has 8 nitrogen and oxygen atoms in total. The Kier molecular flexibility index (Phi) is 7.30. The second-order valence-electron chi connectivity index (χ2n) is 14.0. The second-order valence-corrected chi connectivity index (χ2v) is 14.0. The Bertz CT molecular complexity index is 1350. The number of benzene rings is 2. The molecule has 1 N–H and O–H groups in total. The molecule has 0 spiro atoms. The summed E-state index contributed by atoms with van der Waals surface area (Å²) in [6.45, 7) is 5.15. The molecule has 1 aliphatic heterocycles. The molecule has 7 rings (SSSR count). The highest BCUT2D eigenvalue weighted by molar-refractivity contribution is 5.75. The number of esters is 1. The van der Waals surface area contributed by atoms with Gasteiger partial charge in [0.15, 0.2) is 23.0 Å². The van der Waals surface area contributed by atoms with Crippen LogP contribution < -0.4 is 24.3 Å². The van der Waals surface area contributed by atoms with Gasteiger partial charge in [0.1, 0.15) is 0 Å².